The van der Waals surface area contributed by atoms with Crippen molar-refractivity contribution in [2.24, 2.45) is 5.73 Å². The molecule has 0 saturated heterocycles. The van der Waals surface area contributed by atoms with Gasteiger partial charge >= 0.3 is 5.97 Å². The largest absolute Gasteiger partial charge is 0.480 e. The number of carboxylic acid groups (broad SMARTS) is 1. The second kappa shape index (κ2) is 7.47. The molecule has 0 radical (unpaired) electrons. The number of carbonyl (C=O) groups is 1. The first-order valence-electron chi connectivity index (χ1n) is 5.98. The third-order valence-electron chi connectivity index (χ3n) is 2.55. The van der Waals surface area contributed by atoms with Crippen molar-refractivity contribution in [3.05, 3.63) is 29.8 Å². The lowest BCUT2D eigenvalue weighted by Gasteiger charge is -2.09. The van der Waals surface area contributed by atoms with Gasteiger partial charge < -0.3 is 10.8 Å². The maximum Gasteiger partial charge on any atom is 0.320 e. The highest BCUT2D eigenvalue weighted by atomic mass is 35.5. The zero-order valence-electron chi connectivity index (χ0n) is 10.8. The van der Waals surface area contributed by atoms with Crippen LogP contribution in [0.3, 0.4) is 0 Å². The standard InChI is InChI=1S/C12H17ClN2O4S/c13-6-1-7-20(18,19)15-10-4-2-9(3-5-10)8-11(14)12(16)17/h2-5,11,15H,1,6-8,14H2,(H,16,17). The van der Waals surface area contributed by atoms with Gasteiger partial charge in [-0.25, -0.2) is 8.42 Å². The Morgan fingerprint density at radius 2 is 1.95 bits per heavy atom. The molecule has 20 heavy (non-hydrogen) atoms. The van der Waals surface area contributed by atoms with E-state index >= 15 is 0 Å². The third kappa shape index (κ3) is 5.77. The van der Waals surface area contributed by atoms with Gasteiger partial charge in [-0.1, -0.05) is 12.1 Å². The summed E-state index contributed by atoms with van der Waals surface area (Å²) in [6.07, 6.45) is 0.567. The molecule has 1 aromatic carbocycles. The Hall–Kier alpha value is -1.31. The molecule has 1 aromatic rings. The molecule has 0 heterocycles. The van der Waals surface area contributed by atoms with E-state index in [1.165, 1.54) is 0 Å². The second-order valence-electron chi connectivity index (χ2n) is 4.31. The van der Waals surface area contributed by atoms with Gasteiger partial charge in [0.05, 0.1) is 5.75 Å². The monoisotopic (exact) mass is 320 g/mol. The van der Waals surface area contributed by atoms with Crippen LogP contribution in [0.2, 0.25) is 0 Å². The molecule has 0 amide bonds. The number of nitrogens with two attached hydrogens (primary N) is 1. The summed E-state index contributed by atoms with van der Waals surface area (Å²) in [5.41, 5.74) is 6.57. The highest BCUT2D eigenvalue weighted by Gasteiger charge is 2.13. The fourth-order valence-corrected chi connectivity index (χ4v) is 2.94. The Kier molecular flexibility index (Phi) is 6.25. The molecule has 1 rings (SSSR count). The molecule has 0 aromatic heterocycles. The predicted octanol–water partition coefficient (Wildman–Crippen LogP) is 1.01. The number of carboxylic acids is 1. The molecule has 112 valence electrons. The SMILES string of the molecule is NC(Cc1ccc(NS(=O)(=O)CCCCl)cc1)C(=O)O. The van der Waals surface area contributed by atoms with Crippen molar-refractivity contribution >= 4 is 33.3 Å². The number of anilines is 1. The van der Waals surface area contributed by atoms with E-state index in [9.17, 15) is 13.2 Å². The average molecular weight is 321 g/mol. The van der Waals surface area contributed by atoms with Crippen molar-refractivity contribution in [1.29, 1.82) is 0 Å². The second-order valence-corrected chi connectivity index (χ2v) is 6.53. The molecule has 0 saturated carbocycles. The summed E-state index contributed by atoms with van der Waals surface area (Å²) in [5.74, 6) is -0.828. The Labute approximate surface area is 123 Å². The van der Waals surface area contributed by atoms with Gasteiger partial charge in [0.2, 0.25) is 10.0 Å². The van der Waals surface area contributed by atoms with Crippen LogP contribution in [0.25, 0.3) is 0 Å². The Bertz CT molecular complexity index is 545. The van der Waals surface area contributed by atoms with E-state index in [0.717, 1.165) is 5.56 Å². The summed E-state index contributed by atoms with van der Waals surface area (Å²) in [6.45, 7) is 0. The molecule has 0 aliphatic heterocycles. The first-order valence-corrected chi connectivity index (χ1v) is 8.16. The summed E-state index contributed by atoms with van der Waals surface area (Å²) < 4.78 is 25.7. The van der Waals surface area contributed by atoms with Gasteiger partial charge in [-0.3, -0.25) is 9.52 Å². The van der Waals surface area contributed by atoms with Crippen molar-refractivity contribution < 1.29 is 18.3 Å². The van der Waals surface area contributed by atoms with Crippen molar-refractivity contribution in [3.63, 3.8) is 0 Å². The summed E-state index contributed by atoms with van der Waals surface area (Å²) in [6, 6.07) is 5.45. The molecular weight excluding hydrogens is 304 g/mol. The average Bonchev–Trinajstić information content (AvgIpc) is 2.38. The number of aliphatic carboxylic acids is 1. The van der Waals surface area contributed by atoms with Crippen molar-refractivity contribution in [2.45, 2.75) is 18.9 Å². The number of rotatable bonds is 8. The van der Waals surface area contributed by atoms with Crippen LogP contribution in [-0.4, -0.2) is 37.2 Å². The molecule has 0 aliphatic rings. The van der Waals surface area contributed by atoms with Crippen LogP contribution in [-0.2, 0) is 21.2 Å². The minimum absolute atomic E-state index is 0.0395. The lowest BCUT2D eigenvalue weighted by atomic mass is 10.1. The molecule has 1 atom stereocenters. The molecule has 4 N–H and O–H groups in total. The van der Waals surface area contributed by atoms with Crippen LogP contribution < -0.4 is 10.5 Å². The number of halogens is 1. The van der Waals surface area contributed by atoms with E-state index in [1.807, 2.05) is 0 Å². The quantitative estimate of drug-likeness (QED) is 0.619. The number of benzene rings is 1. The first-order chi connectivity index (χ1) is 9.34. The lowest BCUT2D eigenvalue weighted by molar-refractivity contribution is -0.138. The van der Waals surface area contributed by atoms with Gasteiger partial charge in [-0.15, -0.1) is 11.6 Å². The third-order valence-corrected chi connectivity index (χ3v) is 4.19. The van der Waals surface area contributed by atoms with Crippen molar-refractivity contribution in [3.8, 4) is 0 Å². The van der Waals surface area contributed by atoms with Gasteiger partial charge in [0.1, 0.15) is 6.04 Å². The molecular formula is C12H17ClN2O4S. The summed E-state index contributed by atoms with van der Waals surface area (Å²) in [4.78, 5) is 10.6. The molecule has 0 bridgehead atoms. The summed E-state index contributed by atoms with van der Waals surface area (Å²) in [7, 11) is -3.40. The first kappa shape index (κ1) is 16.7. The van der Waals surface area contributed by atoms with Crippen molar-refractivity contribution in [2.75, 3.05) is 16.4 Å². The van der Waals surface area contributed by atoms with Crippen LogP contribution in [0, 0.1) is 0 Å². The normalized spacial score (nSPS) is 12.9. The lowest BCUT2D eigenvalue weighted by Crippen LogP contribution is -2.32. The van der Waals surface area contributed by atoms with Gasteiger partial charge in [-0.05, 0) is 30.5 Å². The molecule has 1 unspecified atom stereocenters. The number of alkyl halides is 1. The molecule has 0 aliphatic carbocycles. The Morgan fingerprint density at radius 3 is 2.45 bits per heavy atom. The fraction of sp³-hybridized carbons (Fsp3) is 0.417. The topological polar surface area (TPSA) is 109 Å². The minimum atomic E-state index is -3.40. The van der Waals surface area contributed by atoms with Crippen LogP contribution in [0.1, 0.15) is 12.0 Å². The number of nitrogens with one attached hydrogen (secondary N) is 1. The van der Waals surface area contributed by atoms with Crippen LogP contribution >= 0.6 is 11.6 Å². The highest BCUT2D eigenvalue weighted by Crippen LogP contribution is 2.13. The number of sulfonamides is 1. The molecule has 0 spiro atoms. The van der Waals surface area contributed by atoms with Gasteiger partial charge in [-0.2, -0.15) is 0 Å². The number of hydrogen-bond donors (Lipinski definition) is 3. The van der Waals surface area contributed by atoms with E-state index < -0.39 is 22.0 Å². The van der Waals surface area contributed by atoms with Crippen molar-refractivity contribution in [1.82, 2.24) is 0 Å². The maximum absolute atomic E-state index is 11.6. The van der Waals surface area contributed by atoms with Gasteiger partial charge in [0, 0.05) is 11.6 Å². The molecule has 8 heteroatoms. The van der Waals surface area contributed by atoms with Crippen LogP contribution in [0.4, 0.5) is 5.69 Å². The predicted molar refractivity (Wildman–Crippen MR) is 78.5 cm³/mol. The highest BCUT2D eigenvalue weighted by molar-refractivity contribution is 7.92. The number of hydrogen-bond acceptors (Lipinski definition) is 4. The van der Waals surface area contributed by atoms with Gasteiger partial charge in [0.15, 0.2) is 0 Å². The molecule has 0 fully saturated rings. The zero-order valence-corrected chi connectivity index (χ0v) is 12.3. The Balaban J connectivity index is 2.65. The molecule has 6 nitrogen and oxygen atoms in total. The van der Waals surface area contributed by atoms with E-state index in [4.69, 9.17) is 22.4 Å². The van der Waals surface area contributed by atoms with E-state index in [1.54, 1.807) is 24.3 Å². The zero-order chi connectivity index (χ0) is 15.2. The van der Waals surface area contributed by atoms with Crippen LogP contribution in [0.5, 0.6) is 0 Å². The Morgan fingerprint density at radius 1 is 1.35 bits per heavy atom. The maximum atomic E-state index is 11.6. The smallest absolute Gasteiger partial charge is 0.320 e. The summed E-state index contributed by atoms with van der Waals surface area (Å²) >= 11 is 5.45. The van der Waals surface area contributed by atoms with Gasteiger partial charge in [0.25, 0.3) is 0 Å². The summed E-state index contributed by atoms with van der Waals surface area (Å²) in [5, 5.41) is 8.71. The van der Waals surface area contributed by atoms with E-state index in [0.29, 0.717) is 12.1 Å². The van der Waals surface area contributed by atoms with Crippen LogP contribution in [0.15, 0.2) is 24.3 Å². The fourth-order valence-electron chi connectivity index (χ4n) is 1.53. The van der Waals surface area contributed by atoms with E-state index in [2.05, 4.69) is 4.72 Å². The van der Waals surface area contributed by atoms with E-state index in [-0.39, 0.29) is 18.1 Å². The minimum Gasteiger partial charge on any atom is -0.480 e.